The summed E-state index contributed by atoms with van der Waals surface area (Å²) in [7, 11) is 0. The van der Waals surface area contributed by atoms with Crippen LogP contribution in [0, 0.1) is 16.2 Å². The number of carbonyl (C=O) groups excluding carboxylic acids is 1. The summed E-state index contributed by atoms with van der Waals surface area (Å²) in [5.74, 6) is 6.04. The topological polar surface area (TPSA) is 114 Å². The first-order valence-corrected chi connectivity index (χ1v) is 6.70. The summed E-state index contributed by atoms with van der Waals surface area (Å²) >= 11 is 0. The molecule has 0 fully saturated rings. The lowest BCUT2D eigenvalue weighted by Gasteiger charge is -2.18. The zero-order valence-corrected chi connectivity index (χ0v) is 12.2. The number of hydrogen-bond acceptors (Lipinski definition) is 6. The van der Waals surface area contributed by atoms with Crippen LogP contribution < -0.4 is 10.9 Å². The second kappa shape index (κ2) is 6.24. The quantitative estimate of drug-likeness (QED) is 0.403. The fourth-order valence-corrected chi connectivity index (χ4v) is 2.34. The minimum absolute atomic E-state index is 0.167. The molecule has 8 heteroatoms. The van der Waals surface area contributed by atoms with Crippen molar-refractivity contribution in [1.29, 1.82) is 5.26 Å². The molecule has 0 saturated carbocycles. The predicted octanol–water partition coefficient (Wildman–Crippen LogP) is 2.77. The predicted molar refractivity (Wildman–Crippen MR) is 81.5 cm³/mol. The van der Waals surface area contributed by atoms with Crippen LogP contribution in [0.4, 0.5) is 16.3 Å². The van der Waals surface area contributed by atoms with Crippen LogP contribution in [0.15, 0.2) is 23.4 Å². The molecule has 0 saturated heterocycles. The van der Waals surface area contributed by atoms with Crippen molar-refractivity contribution < 1.29 is 9.53 Å². The van der Waals surface area contributed by atoms with E-state index in [1.54, 1.807) is 23.6 Å². The van der Waals surface area contributed by atoms with E-state index >= 15 is 0 Å². The summed E-state index contributed by atoms with van der Waals surface area (Å²) in [6.45, 7) is 4.11. The highest BCUT2D eigenvalue weighted by atomic mass is 16.6. The van der Waals surface area contributed by atoms with E-state index in [0.717, 1.165) is 5.01 Å². The lowest BCUT2D eigenvalue weighted by Crippen LogP contribution is -2.39. The molecule has 22 heavy (non-hydrogen) atoms. The first-order valence-electron chi connectivity index (χ1n) is 6.70. The van der Waals surface area contributed by atoms with E-state index in [-0.39, 0.29) is 23.7 Å². The number of nitroso groups, excluding NO2 is 1. The molecule has 0 aliphatic carbocycles. The SMILES string of the molecule is CCOC(=O)N(N)c1c(C#N)c2ccc(N=O)cc2n1CC. The van der Waals surface area contributed by atoms with Crippen molar-refractivity contribution >= 4 is 28.5 Å². The number of nitriles is 1. The van der Waals surface area contributed by atoms with Gasteiger partial charge in [-0.2, -0.15) is 10.3 Å². The van der Waals surface area contributed by atoms with Gasteiger partial charge >= 0.3 is 6.09 Å². The van der Waals surface area contributed by atoms with Gasteiger partial charge in [0.25, 0.3) is 0 Å². The molecule has 2 aromatic rings. The fourth-order valence-electron chi connectivity index (χ4n) is 2.34. The van der Waals surface area contributed by atoms with E-state index < -0.39 is 6.09 Å². The van der Waals surface area contributed by atoms with Gasteiger partial charge < -0.3 is 9.30 Å². The van der Waals surface area contributed by atoms with E-state index in [9.17, 15) is 15.0 Å². The molecular weight excluding hydrogens is 286 g/mol. The van der Waals surface area contributed by atoms with Crippen LogP contribution in [-0.4, -0.2) is 17.3 Å². The molecule has 1 heterocycles. The summed E-state index contributed by atoms with van der Waals surface area (Å²) in [5.41, 5.74) is 1.08. The Hall–Kier alpha value is -2.92. The molecule has 0 aliphatic heterocycles. The van der Waals surface area contributed by atoms with Gasteiger partial charge in [0.05, 0.1) is 12.1 Å². The zero-order valence-electron chi connectivity index (χ0n) is 12.2. The highest BCUT2D eigenvalue weighted by molar-refractivity contribution is 5.98. The summed E-state index contributed by atoms with van der Waals surface area (Å²) in [5, 5.41) is 13.7. The summed E-state index contributed by atoms with van der Waals surface area (Å²) in [4.78, 5) is 22.6. The van der Waals surface area contributed by atoms with Crippen LogP contribution in [0.25, 0.3) is 10.9 Å². The maximum absolute atomic E-state index is 11.9. The summed E-state index contributed by atoms with van der Waals surface area (Å²) in [6.07, 6.45) is -0.759. The molecule has 0 radical (unpaired) electrons. The minimum atomic E-state index is -0.759. The van der Waals surface area contributed by atoms with Crippen molar-refractivity contribution in [2.45, 2.75) is 20.4 Å². The van der Waals surface area contributed by atoms with Crippen LogP contribution in [0.3, 0.4) is 0 Å². The summed E-state index contributed by atoms with van der Waals surface area (Å²) < 4.78 is 6.53. The molecule has 0 atom stereocenters. The lowest BCUT2D eigenvalue weighted by atomic mass is 10.1. The van der Waals surface area contributed by atoms with Crippen LogP contribution in [0.2, 0.25) is 0 Å². The Morgan fingerprint density at radius 1 is 1.50 bits per heavy atom. The molecular formula is C14H15N5O3. The van der Waals surface area contributed by atoms with Crippen LogP contribution in [0.1, 0.15) is 19.4 Å². The van der Waals surface area contributed by atoms with Crippen molar-refractivity contribution in [3.63, 3.8) is 0 Å². The molecule has 0 bridgehead atoms. The number of benzene rings is 1. The average molecular weight is 301 g/mol. The third-order valence-corrected chi connectivity index (χ3v) is 3.25. The Morgan fingerprint density at radius 3 is 2.77 bits per heavy atom. The number of aryl methyl sites for hydroxylation is 1. The number of carbonyl (C=O) groups is 1. The van der Waals surface area contributed by atoms with Gasteiger partial charge in [-0.1, -0.05) is 0 Å². The van der Waals surface area contributed by atoms with E-state index in [2.05, 4.69) is 5.18 Å². The number of ether oxygens (including phenoxy) is 1. The van der Waals surface area contributed by atoms with Gasteiger partial charge in [-0.15, -0.1) is 4.91 Å². The number of aromatic nitrogens is 1. The number of amides is 1. The first kappa shape index (κ1) is 15.5. The molecule has 1 aromatic carbocycles. The number of anilines is 1. The fraction of sp³-hybridized carbons (Fsp3) is 0.286. The Balaban J connectivity index is 2.74. The van der Waals surface area contributed by atoms with Crippen molar-refractivity contribution in [2.24, 2.45) is 11.0 Å². The van der Waals surface area contributed by atoms with Crippen LogP contribution in [-0.2, 0) is 11.3 Å². The Labute approximate surface area is 126 Å². The molecule has 1 amide bonds. The monoisotopic (exact) mass is 301 g/mol. The van der Waals surface area contributed by atoms with Gasteiger partial charge in [0, 0.05) is 11.9 Å². The number of rotatable bonds is 4. The summed E-state index contributed by atoms with van der Waals surface area (Å²) in [6, 6.07) is 6.72. The van der Waals surface area contributed by atoms with Gasteiger partial charge in [0.2, 0.25) is 0 Å². The molecule has 0 spiro atoms. The van der Waals surface area contributed by atoms with E-state index in [1.165, 1.54) is 6.07 Å². The number of fused-ring (bicyclic) bond motifs is 1. The highest BCUT2D eigenvalue weighted by Crippen LogP contribution is 2.33. The van der Waals surface area contributed by atoms with E-state index in [1.807, 2.05) is 13.0 Å². The van der Waals surface area contributed by atoms with Gasteiger partial charge in [-0.25, -0.2) is 10.6 Å². The molecule has 114 valence electrons. The molecule has 2 N–H and O–H groups in total. The maximum atomic E-state index is 11.9. The first-order chi connectivity index (χ1) is 10.6. The van der Waals surface area contributed by atoms with E-state index in [4.69, 9.17) is 10.6 Å². The molecule has 0 aliphatic rings. The standard InChI is InChI=1S/C14H15N5O3/c1-3-18-12-7-9(17-21)5-6-10(12)11(8-15)13(18)19(16)14(20)22-4-2/h5-7H,3-4,16H2,1-2H3. The Bertz CT molecular complexity index is 775. The van der Waals surface area contributed by atoms with Crippen molar-refractivity contribution in [2.75, 3.05) is 11.6 Å². The molecule has 1 aromatic heterocycles. The maximum Gasteiger partial charge on any atom is 0.430 e. The normalized spacial score (nSPS) is 10.3. The van der Waals surface area contributed by atoms with Crippen LogP contribution >= 0.6 is 0 Å². The van der Waals surface area contributed by atoms with Gasteiger partial charge in [0.1, 0.15) is 17.3 Å². The Kier molecular flexibility index (Phi) is 4.39. The van der Waals surface area contributed by atoms with Crippen molar-refractivity contribution in [1.82, 2.24) is 4.57 Å². The second-order valence-corrected chi connectivity index (χ2v) is 4.42. The zero-order chi connectivity index (χ0) is 16.3. The van der Waals surface area contributed by atoms with Gasteiger partial charge in [0.15, 0.2) is 5.82 Å². The molecule has 2 rings (SSSR count). The van der Waals surface area contributed by atoms with Crippen molar-refractivity contribution in [3.05, 3.63) is 28.7 Å². The highest BCUT2D eigenvalue weighted by Gasteiger charge is 2.25. The number of nitrogens with two attached hydrogens (primary N) is 1. The van der Waals surface area contributed by atoms with Gasteiger partial charge in [-0.3, -0.25) is 0 Å². The molecule has 0 unspecified atom stereocenters. The van der Waals surface area contributed by atoms with E-state index in [0.29, 0.717) is 17.4 Å². The number of nitrogens with zero attached hydrogens (tertiary/aromatic N) is 4. The molecule has 8 nitrogen and oxygen atoms in total. The lowest BCUT2D eigenvalue weighted by molar-refractivity contribution is 0.159. The number of hydrogen-bond donors (Lipinski definition) is 1. The smallest absolute Gasteiger partial charge is 0.430 e. The van der Waals surface area contributed by atoms with Crippen molar-refractivity contribution in [3.8, 4) is 6.07 Å². The minimum Gasteiger partial charge on any atom is -0.448 e. The Morgan fingerprint density at radius 2 is 2.23 bits per heavy atom. The third-order valence-electron chi connectivity index (χ3n) is 3.25. The average Bonchev–Trinajstić information content (AvgIpc) is 2.86. The largest absolute Gasteiger partial charge is 0.448 e. The van der Waals surface area contributed by atoms with Gasteiger partial charge in [-0.05, 0) is 37.2 Å². The third kappa shape index (κ3) is 2.38. The van der Waals surface area contributed by atoms with Crippen LogP contribution in [0.5, 0.6) is 0 Å². The second-order valence-electron chi connectivity index (χ2n) is 4.42. The number of hydrazine groups is 1.